The number of rotatable bonds is 8. The fraction of sp³-hybridized carbons (Fsp3) is 0.0833. The van der Waals surface area contributed by atoms with Crippen LogP contribution in [0.2, 0.25) is 10.0 Å². The number of para-hydroxylation sites is 2. The van der Waals surface area contributed by atoms with Gasteiger partial charge in [0.2, 0.25) is 0 Å². The molecule has 6 amide bonds. The molecule has 0 radical (unpaired) electrons. The van der Waals surface area contributed by atoms with Gasteiger partial charge in [0.15, 0.2) is 13.2 Å². The number of benzene rings is 3. The van der Waals surface area contributed by atoms with E-state index in [2.05, 4.69) is 21.3 Å². The number of carbonyl (C=O) groups excluding carboxylic acids is 4. The van der Waals surface area contributed by atoms with Crippen LogP contribution in [-0.2, 0) is 9.59 Å². The lowest BCUT2D eigenvalue weighted by Crippen LogP contribution is -2.37. The molecule has 0 unspecified atom stereocenters. The quantitative estimate of drug-likeness (QED) is 0.339. The van der Waals surface area contributed by atoms with Gasteiger partial charge in [-0.1, -0.05) is 47.5 Å². The fourth-order valence-corrected chi connectivity index (χ4v) is 3.05. The average molecular weight is 531 g/mol. The van der Waals surface area contributed by atoms with Gasteiger partial charge in [-0.15, -0.1) is 0 Å². The molecule has 186 valence electrons. The van der Waals surface area contributed by atoms with Gasteiger partial charge >= 0.3 is 12.1 Å². The molecule has 10 nitrogen and oxygen atoms in total. The van der Waals surface area contributed by atoms with E-state index in [0.29, 0.717) is 32.9 Å². The number of carbonyl (C=O) groups is 4. The molecular weight excluding hydrogens is 511 g/mol. The molecule has 0 saturated heterocycles. The summed E-state index contributed by atoms with van der Waals surface area (Å²) in [5.41, 5.74) is 0.715. The molecule has 0 aliphatic heterocycles. The van der Waals surface area contributed by atoms with Crippen molar-refractivity contribution in [2.75, 3.05) is 23.8 Å². The molecule has 0 heterocycles. The number of hydrogen-bond donors (Lipinski definition) is 4. The molecule has 0 bridgehead atoms. The van der Waals surface area contributed by atoms with Crippen molar-refractivity contribution >= 4 is 58.5 Å². The summed E-state index contributed by atoms with van der Waals surface area (Å²) in [5.74, 6) is -0.696. The summed E-state index contributed by atoms with van der Waals surface area (Å²) in [6.07, 6.45) is 0. The van der Waals surface area contributed by atoms with Gasteiger partial charge in [-0.05, 0) is 48.5 Å². The molecule has 0 aliphatic rings. The lowest BCUT2D eigenvalue weighted by molar-refractivity contribution is -0.122. The number of hydrogen-bond acceptors (Lipinski definition) is 6. The minimum Gasteiger partial charge on any atom is -0.484 e. The first kappa shape index (κ1) is 26.3. The van der Waals surface area contributed by atoms with Gasteiger partial charge in [0.05, 0.1) is 21.4 Å². The molecule has 0 atom stereocenters. The van der Waals surface area contributed by atoms with E-state index in [9.17, 15) is 19.2 Å². The Bertz CT molecular complexity index is 1160. The van der Waals surface area contributed by atoms with Crippen molar-refractivity contribution in [2.24, 2.45) is 0 Å². The SMILES string of the molecule is O=C(COc1ccc(OCC(=O)NC(=O)Nc2ccccc2Cl)cc1)NC(=O)Nc1ccccc1Cl. The van der Waals surface area contributed by atoms with Crippen molar-refractivity contribution in [3.8, 4) is 11.5 Å². The van der Waals surface area contributed by atoms with Crippen LogP contribution < -0.4 is 30.7 Å². The summed E-state index contributed by atoms with van der Waals surface area (Å²) in [4.78, 5) is 47.6. The highest BCUT2D eigenvalue weighted by Gasteiger charge is 2.12. The van der Waals surface area contributed by atoms with Crippen molar-refractivity contribution < 1.29 is 28.7 Å². The van der Waals surface area contributed by atoms with E-state index in [0.717, 1.165) is 0 Å². The van der Waals surface area contributed by atoms with Crippen molar-refractivity contribution in [1.29, 1.82) is 0 Å². The standard InChI is InChI=1S/C24H20Cl2N4O6/c25-17-5-1-3-7-19(17)27-23(33)29-21(31)13-35-15-9-11-16(12-10-15)36-14-22(32)30-24(34)28-20-8-4-2-6-18(20)26/h1-12H,13-14H2,(H2,27,29,31,33)(H2,28,30,32,34). The summed E-state index contributed by atoms with van der Waals surface area (Å²) in [7, 11) is 0. The maximum atomic E-state index is 11.9. The van der Waals surface area contributed by atoms with Crippen molar-refractivity contribution in [3.05, 3.63) is 82.8 Å². The highest BCUT2D eigenvalue weighted by atomic mass is 35.5. The number of ether oxygens (including phenoxy) is 2. The van der Waals surface area contributed by atoms with Gasteiger partial charge in [-0.2, -0.15) is 0 Å². The monoisotopic (exact) mass is 530 g/mol. The predicted octanol–water partition coefficient (Wildman–Crippen LogP) is 4.45. The maximum absolute atomic E-state index is 11.9. The second-order valence-electron chi connectivity index (χ2n) is 7.01. The normalized spacial score (nSPS) is 10.1. The highest BCUT2D eigenvalue weighted by Crippen LogP contribution is 2.21. The third-order valence-corrected chi connectivity index (χ3v) is 4.97. The Hall–Kier alpha value is -4.28. The summed E-state index contributed by atoms with van der Waals surface area (Å²) < 4.78 is 10.7. The van der Waals surface area contributed by atoms with Gasteiger partial charge in [0.25, 0.3) is 11.8 Å². The zero-order chi connectivity index (χ0) is 25.9. The maximum Gasteiger partial charge on any atom is 0.326 e. The van der Waals surface area contributed by atoms with Crippen LogP contribution in [0.15, 0.2) is 72.8 Å². The van der Waals surface area contributed by atoms with Crippen molar-refractivity contribution in [2.45, 2.75) is 0 Å². The highest BCUT2D eigenvalue weighted by molar-refractivity contribution is 6.34. The molecule has 3 rings (SSSR count). The van der Waals surface area contributed by atoms with E-state index in [-0.39, 0.29) is 0 Å². The number of halogens is 2. The topological polar surface area (TPSA) is 135 Å². The summed E-state index contributed by atoms with van der Waals surface area (Å²) in [6, 6.07) is 17.7. The van der Waals surface area contributed by atoms with Gasteiger partial charge in [0.1, 0.15) is 11.5 Å². The Kier molecular flexibility index (Phi) is 9.49. The molecule has 36 heavy (non-hydrogen) atoms. The first-order chi connectivity index (χ1) is 17.3. The molecule has 3 aromatic rings. The smallest absolute Gasteiger partial charge is 0.326 e. The van der Waals surface area contributed by atoms with E-state index in [1.165, 1.54) is 24.3 Å². The number of imide groups is 2. The lowest BCUT2D eigenvalue weighted by atomic mass is 10.3. The van der Waals surface area contributed by atoms with Crippen LogP contribution in [0.1, 0.15) is 0 Å². The van der Waals surface area contributed by atoms with Crippen LogP contribution in [0, 0.1) is 0 Å². The molecule has 0 aromatic heterocycles. The van der Waals surface area contributed by atoms with Gasteiger partial charge in [-0.25, -0.2) is 9.59 Å². The third-order valence-electron chi connectivity index (χ3n) is 4.31. The third kappa shape index (κ3) is 8.49. The van der Waals surface area contributed by atoms with Crippen LogP contribution in [0.5, 0.6) is 11.5 Å². The summed E-state index contributed by atoms with van der Waals surface area (Å²) >= 11 is 11.9. The van der Waals surface area contributed by atoms with E-state index in [4.69, 9.17) is 32.7 Å². The fourth-order valence-electron chi connectivity index (χ4n) is 2.69. The summed E-state index contributed by atoms with van der Waals surface area (Å²) in [6.45, 7) is -0.835. The van der Waals surface area contributed by atoms with Crippen LogP contribution in [-0.4, -0.2) is 37.1 Å². The molecule has 12 heteroatoms. The minimum absolute atomic E-state index is 0.326. The average Bonchev–Trinajstić information content (AvgIpc) is 2.85. The predicted molar refractivity (Wildman–Crippen MR) is 135 cm³/mol. The van der Waals surface area contributed by atoms with Crippen LogP contribution in [0.4, 0.5) is 21.0 Å². The Morgan fingerprint density at radius 2 is 0.944 bits per heavy atom. The number of urea groups is 2. The Morgan fingerprint density at radius 1 is 0.583 bits per heavy atom. The van der Waals surface area contributed by atoms with E-state index in [1.807, 2.05) is 0 Å². The minimum atomic E-state index is -0.751. The first-order valence-electron chi connectivity index (χ1n) is 10.4. The van der Waals surface area contributed by atoms with Gasteiger partial charge < -0.3 is 20.1 Å². The van der Waals surface area contributed by atoms with E-state index in [1.54, 1.807) is 48.5 Å². The van der Waals surface area contributed by atoms with Crippen LogP contribution in [0.3, 0.4) is 0 Å². The van der Waals surface area contributed by atoms with Crippen molar-refractivity contribution in [3.63, 3.8) is 0 Å². The Labute approximate surface area is 215 Å². The zero-order valence-electron chi connectivity index (χ0n) is 18.5. The molecule has 3 aromatic carbocycles. The molecule has 0 fully saturated rings. The van der Waals surface area contributed by atoms with Crippen LogP contribution >= 0.6 is 23.2 Å². The van der Waals surface area contributed by atoms with E-state index < -0.39 is 37.1 Å². The largest absolute Gasteiger partial charge is 0.484 e. The Morgan fingerprint density at radius 3 is 1.31 bits per heavy atom. The van der Waals surface area contributed by atoms with Crippen LogP contribution in [0.25, 0.3) is 0 Å². The lowest BCUT2D eigenvalue weighted by Gasteiger charge is -2.10. The Balaban J connectivity index is 1.37. The number of anilines is 2. The van der Waals surface area contributed by atoms with E-state index >= 15 is 0 Å². The second kappa shape index (κ2) is 13.0. The molecule has 0 spiro atoms. The number of amides is 6. The van der Waals surface area contributed by atoms with Gasteiger partial charge in [0, 0.05) is 0 Å². The summed E-state index contributed by atoms with van der Waals surface area (Å²) in [5, 5.41) is 9.82. The van der Waals surface area contributed by atoms with Gasteiger partial charge in [-0.3, -0.25) is 20.2 Å². The molecule has 0 saturated carbocycles. The zero-order valence-corrected chi connectivity index (χ0v) is 20.1. The number of nitrogens with one attached hydrogen (secondary N) is 4. The van der Waals surface area contributed by atoms with Crippen molar-refractivity contribution in [1.82, 2.24) is 10.6 Å². The molecule has 4 N–H and O–H groups in total. The molecular formula is C24H20Cl2N4O6. The first-order valence-corrected chi connectivity index (χ1v) is 11.1. The molecule has 0 aliphatic carbocycles. The second-order valence-corrected chi connectivity index (χ2v) is 7.83.